The average molecular weight is 446 g/mol. The number of nitriles is 2. The van der Waals surface area contributed by atoms with E-state index >= 15 is 0 Å². The summed E-state index contributed by atoms with van der Waals surface area (Å²) in [5.41, 5.74) is 6.57. The molecule has 0 saturated heterocycles. The van der Waals surface area contributed by atoms with Crippen molar-refractivity contribution in [1.82, 2.24) is 24.1 Å². The zero-order valence-electron chi connectivity index (χ0n) is 16.8. The molecule has 0 aliphatic heterocycles. The highest BCUT2D eigenvalue weighted by molar-refractivity contribution is 6.31. The van der Waals surface area contributed by atoms with Crippen molar-refractivity contribution >= 4 is 28.8 Å². The van der Waals surface area contributed by atoms with Gasteiger partial charge in [-0.1, -0.05) is 29.8 Å². The molecule has 32 heavy (non-hydrogen) atoms. The normalized spacial score (nSPS) is 11.6. The van der Waals surface area contributed by atoms with Crippen molar-refractivity contribution in [1.29, 1.82) is 10.5 Å². The molecule has 0 aliphatic rings. The molecule has 158 valence electrons. The third kappa shape index (κ3) is 3.60. The smallest absolute Gasteiger partial charge is 0.279 e. The summed E-state index contributed by atoms with van der Waals surface area (Å²) in [5.74, 6) is 0.609. The van der Waals surface area contributed by atoms with Crippen LogP contribution in [0, 0.1) is 22.7 Å². The monoisotopic (exact) mass is 445 g/mol. The van der Waals surface area contributed by atoms with Gasteiger partial charge in [-0.25, -0.2) is 14.5 Å². The Morgan fingerprint density at radius 2 is 2.00 bits per heavy atom. The maximum absolute atomic E-state index is 13.4. The van der Waals surface area contributed by atoms with Crippen LogP contribution in [-0.2, 0) is 6.54 Å². The number of rotatable bonds is 5. The second-order valence-electron chi connectivity index (χ2n) is 6.94. The van der Waals surface area contributed by atoms with Crippen molar-refractivity contribution in [2.75, 3.05) is 11.1 Å². The molecule has 0 aliphatic carbocycles. The third-order valence-electron chi connectivity index (χ3n) is 4.94. The van der Waals surface area contributed by atoms with Crippen LogP contribution >= 0.6 is 11.6 Å². The number of nitrogens with zero attached hydrogens (tertiary/aromatic N) is 7. The van der Waals surface area contributed by atoms with Gasteiger partial charge in [-0.2, -0.15) is 15.6 Å². The zero-order chi connectivity index (χ0) is 22.8. The Balaban J connectivity index is 1.87. The van der Waals surface area contributed by atoms with E-state index in [-0.39, 0.29) is 34.8 Å². The third-order valence-corrected chi connectivity index (χ3v) is 5.31. The summed E-state index contributed by atoms with van der Waals surface area (Å²) in [6.45, 7) is 1.90. The molecule has 3 N–H and O–H groups in total. The van der Waals surface area contributed by atoms with Crippen molar-refractivity contribution < 1.29 is 0 Å². The first-order valence-electron chi connectivity index (χ1n) is 9.47. The first kappa shape index (κ1) is 20.8. The van der Waals surface area contributed by atoms with E-state index < -0.39 is 11.6 Å². The minimum atomic E-state index is -0.566. The van der Waals surface area contributed by atoms with Crippen LogP contribution in [0.1, 0.15) is 35.5 Å². The van der Waals surface area contributed by atoms with E-state index in [1.54, 1.807) is 25.3 Å². The van der Waals surface area contributed by atoms with Gasteiger partial charge in [0.25, 0.3) is 5.56 Å². The summed E-state index contributed by atoms with van der Waals surface area (Å²) < 4.78 is 2.82. The molecule has 1 aromatic carbocycles. The topological polar surface area (TPSA) is 151 Å². The summed E-state index contributed by atoms with van der Waals surface area (Å²) in [6, 6.07) is 12.1. The minimum Gasteiger partial charge on any atom is -0.382 e. The quantitative estimate of drug-likeness (QED) is 0.475. The maximum Gasteiger partial charge on any atom is 0.279 e. The van der Waals surface area contributed by atoms with Crippen molar-refractivity contribution in [3.63, 3.8) is 0 Å². The highest BCUT2D eigenvalue weighted by Gasteiger charge is 2.21. The van der Waals surface area contributed by atoms with Crippen LogP contribution in [0.2, 0.25) is 5.02 Å². The van der Waals surface area contributed by atoms with Crippen molar-refractivity contribution in [2.24, 2.45) is 0 Å². The van der Waals surface area contributed by atoms with E-state index in [2.05, 4.69) is 20.4 Å². The molecule has 3 aromatic heterocycles. The fraction of sp³-hybridized carbons (Fsp3) is 0.143. The number of anilines is 2. The Hall–Kier alpha value is -4.41. The highest BCUT2D eigenvalue weighted by atomic mass is 35.5. The molecule has 10 nitrogen and oxygen atoms in total. The molecule has 3 heterocycles. The van der Waals surface area contributed by atoms with Gasteiger partial charge in [-0.15, -0.1) is 0 Å². The van der Waals surface area contributed by atoms with Gasteiger partial charge in [0.15, 0.2) is 5.82 Å². The summed E-state index contributed by atoms with van der Waals surface area (Å²) in [7, 11) is 0. The standard InChI is InChI=1S/C21H16ClN9O/c1-12(28-19-15(9-24)18(25)26-11-27-19)20-29-31-7-6-13(8-23)17(31)21(32)30(20)10-14-4-2-3-5-16(14)22/h2-7,11-12H,10H2,1H3,(H3,25,26,27,28)/t12-/m0/s1. The first-order chi connectivity index (χ1) is 15.4. The molecular weight excluding hydrogens is 430 g/mol. The van der Waals surface area contributed by atoms with Gasteiger partial charge in [0.2, 0.25) is 0 Å². The molecular formula is C21H16ClN9O. The first-order valence-corrected chi connectivity index (χ1v) is 9.85. The van der Waals surface area contributed by atoms with Crippen LogP contribution < -0.4 is 16.6 Å². The Morgan fingerprint density at radius 1 is 1.22 bits per heavy atom. The van der Waals surface area contributed by atoms with E-state index in [1.807, 2.05) is 24.3 Å². The van der Waals surface area contributed by atoms with Gasteiger partial charge < -0.3 is 11.1 Å². The lowest BCUT2D eigenvalue weighted by Gasteiger charge is -2.20. The van der Waals surface area contributed by atoms with Crippen molar-refractivity contribution in [3.8, 4) is 12.1 Å². The van der Waals surface area contributed by atoms with Crippen LogP contribution in [0.3, 0.4) is 0 Å². The number of nitrogens with one attached hydrogen (secondary N) is 1. The SMILES string of the molecule is C[C@H](Nc1ncnc(N)c1C#N)c1nn2ccc(C#N)c2c(=O)n1Cc1ccccc1Cl. The van der Waals surface area contributed by atoms with Gasteiger partial charge in [0.05, 0.1) is 18.2 Å². The maximum atomic E-state index is 13.4. The van der Waals surface area contributed by atoms with Crippen molar-refractivity contribution in [3.05, 3.63) is 80.7 Å². The molecule has 4 rings (SSSR count). The number of nitrogen functional groups attached to an aromatic ring is 1. The van der Waals surface area contributed by atoms with Gasteiger partial charge >= 0.3 is 0 Å². The fourth-order valence-electron chi connectivity index (χ4n) is 3.36. The lowest BCUT2D eigenvalue weighted by atomic mass is 10.2. The van der Waals surface area contributed by atoms with E-state index in [0.717, 1.165) is 0 Å². The van der Waals surface area contributed by atoms with E-state index in [4.69, 9.17) is 17.3 Å². The Bertz CT molecular complexity index is 1480. The molecule has 0 amide bonds. The predicted molar refractivity (Wildman–Crippen MR) is 118 cm³/mol. The van der Waals surface area contributed by atoms with Crippen LogP contribution in [-0.4, -0.2) is 24.1 Å². The molecule has 1 atom stereocenters. The van der Waals surface area contributed by atoms with Gasteiger partial charge in [-0.3, -0.25) is 9.36 Å². The summed E-state index contributed by atoms with van der Waals surface area (Å²) in [4.78, 5) is 21.3. The Morgan fingerprint density at radius 3 is 2.72 bits per heavy atom. The molecule has 4 aromatic rings. The summed E-state index contributed by atoms with van der Waals surface area (Å²) >= 11 is 6.33. The number of hydrogen-bond acceptors (Lipinski definition) is 8. The lowest BCUT2D eigenvalue weighted by molar-refractivity contribution is 0.600. The number of benzene rings is 1. The van der Waals surface area contributed by atoms with E-state index in [1.165, 1.54) is 21.5 Å². The number of halogens is 1. The van der Waals surface area contributed by atoms with Crippen LogP contribution in [0.25, 0.3) is 5.52 Å². The second-order valence-corrected chi connectivity index (χ2v) is 7.34. The Labute approximate surface area is 187 Å². The van der Waals surface area contributed by atoms with Gasteiger partial charge in [0.1, 0.15) is 41.2 Å². The Kier molecular flexibility index (Phi) is 5.46. The van der Waals surface area contributed by atoms with Crippen molar-refractivity contribution in [2.45, 2.75) is 19.5 Å². The summed E-state index contributed by atoms with van der Waals surface area (Å²) in [5, 5.41) is 27.0. The van der Waals surface area contributed by atoms with Gasteiger partial charge in [0, 0.05) is 11.2 Å². The molecule has 11 heteroatoms. The van der Waals surface area contributed by atoms with Gasteiger partial charge in [-0.05, 0) is 24.6 Å². The van der Waals surface area contributed by atoms with Crippen LogP contribution in [0.5, 0.6) is 0 Å². The predicted octanol–water partition coefficient (Wildman–Crippen LogP) is 2.49. The molecule has 0 radical (unpaired) electrons. The molecule has 0 spiro atoms. The molecule has 0 bridgehead atoms. The largest absolute Gasteiger partial charge is 0.382 e. The zero-order valence-corrected chi connectivity index (χ0v) is 17.6. The number of fused-ring (bicyclic) bond motifs is 1. The van der Waals surface area contributed by atoms with Crippen LogP contribution in [0.4, 0.5) is 11.6 Å². The lowest BCUT2D eigenvalue weighted by Crippen LogP contribution is -2.31. The number of nitrogens with two attached hydrogens (primary N) is 1. The number of hydrogen-bond donors (Lipinski definition) is 2. The fourth-order valence-corrected chi connectivity index (χ4v) is 3.56. The molecule has 0 fully saturated rings. The second kappa shape index (κ2) is 8.38. The van der Waals surface area contributed by atoms with E-state index in [0.29, 0.717) is 16.4 Å². The number of aromatic nitrogens is 5. The minimum absolute atomic E-state index is 0.0399. The highest BCUT2D eigenvalue weighted by Crippen LogP contribution is 2.23. The molecule has 0 unspecified atom stereocenters. The molecule has 0 saturated carbocycles. The summed E-state index contributed by atoms with van der Waals surface area (Å²) in [6.07, 6.45) is 2.79. The van der Waals surface area contributed by atoms with E-state index in [9.17, 15) is 15.3 Å². The average Bonchev–Trinajstić information content (AvgIpc) is 3.20. The van der Waals surface area contributed by atoms with Crippen LogP contribution in [0.15, 0.2) is 47.7 Å².